The van der Waals surface area contributed by atoms with Gasteiger partial charge in [0.05, 0.1) is 0 Å². The van der Waals surface area contributed by atoms with Gasteiger partial charge in [-0.3, -0.25) is 0 Å². The van der Waals surface area contributed by atoms with E-state index < -0.39 is 0 Å². The topological polar surface area (TPSA) is 15.3 Å². The first-order chi connectivity index (χ1) is 10.3. The minimum absolute atomic E-state index is 0.727. The van der Waals surface area contributed by atoms with Gasteiger partial charge in [0, 0.05) is 19.1 Å². The van der Waals surface area contributed by atoms with E-state index in [1.807, 2.05) is 0 Å². The maximum Gasteiger partial charge on any atom is 0.0117 e. The molecule has 0 bridgehead atoms. The van der Waals surface area contributed by atoms with Crippen molar-refractivity contribution in [2.75, 3.05) is 26.7 Å². The zero-order chi connectivity index (χ0) is 14.7. The SMILES string of the molecule is CCC1CN(CC2CCCc3ccccc32)CCC1NC. The van der Waals surface area contributed by atoms with Crippen LogP contribution in [0.5, 0.6) is 0 Å². The number of aryl methyl sites for hydroxylation is 1. The van der Waals surface area contributed by atoms with Gasteiger partial charge in [0.2, 0.25) is 0 Å². The largest absolute Gasteiger partial charge is 0.317 e. The Morgan fingerprint density at radius 2 is 2.10 bits per heavy atom. The van der Waals surface area contributed by atoms with Crippen LogP contribution in [0.1, 0.15) is 49.7 Å². The molecule has 3 atom stereocenters. The Bertz CT molecular complexity index is 457. The van der Waals surface area contributed by atoms with Crippen LogP contribution in [0.25, 0.3) is 0 Å². The third kappa shape index (κ3) is 3.32. The first kappa shape index (κ1) is 15.1. The van der Waals surface area contributed by atoms with Crippen molar-refractivity contribution in [3.05, 3.63) is 35.4 Å². The van der Waals surface area contributed by atoms with Crippen molar-refractivity contribution in [3.8, 4) is 0 Å². The third-order valence-electron chi connectivity index (χ3n) is 5.69. The molecule has 1 N–H and O–H groups in total. The minimum Gasteiger partial charge on any atom is -0.317 e. The van der Waals surface area contributed by atoms with Crippen molar-refractivity contribution in [2.45, 2.75) is 51.0 Å². The fourth-order valence-electron chi connectivity index (χ4n) is 4.42. The lowest BCUT2D eigenvalue weighted by molar-refractivity contribution is 0.129. The monoisotopic (exact) mass is 286 g/mol. The van der Waals surface area contributed by atoms with Crippen molar-refractivity contribution in [1.29, 1.82) is 0 Å². The lowest BCUT2D eigenvalue weighted by Crippen LogP contribution is -2.49. The molecule has 2 aliphatic rings. The summed E-state index contributed by atoms with van der Waals surface area (Å²) in [6.07, 6.45) is 6.63. The predicted octanol–water partition coefficient (Wildman–Crippen LogP) is 3.43. The average molecular weight is 286 g/mol. The quantitative estimate of drug-likeness (QED) is 0.912. The summed E-state index contributed by atoms with van der Waals surface area (Å²) < 4.78 is 0. The normalized spacial score (nSPS) is 30.1. The molecule has 1 aromatic carbocycles. The fraction of sp³-hybridized carbons (Fsp3) is 0.684. The van der Waals surface area contributed by atoms with E-state index in [4.69, 9.17) is 0 Å². The Balaban J connectivity index is 1.65. The van der Waals surface area contributed by atoms with Crippen LogP contribution in [0.15, 0.2) is 24.3 Å². The number of rotatable bonds is 4. The van der Waals surface area contributed by atoms with Gasteiger partial charge in [-0.1, -0.05) is 37.6 Å². The molecule has 0 aromatic heterocycles. The van der Waals surface area contributed by atoms with E-state index in [-0.39, 0.29) is 0 Å². The number of hydrogen-bond donors (Lipinski definition) is 1. The van der Waals surface area contributed by atoms with Crippen LogP contribution in [-0.4, -0.2) is 37.6 Å². The zero-order valence-corrected chi connectivity index (χ0v) is 13.6. The first-order valence-corrected chi connectivity index (χ1v) is 8.79. The molecule has 1 heterocycles. The summed E-state index contributed by atoms with van der Waals surface area (Å²) >= 11 is 0. The molecule has 0 saturated carbocycles. The molecule has 21 heavy (non-hydrogen) atoms. The number of likely N-dealkylation sites (tertiary alicyclic amines) is 1. The van der Waals surface area contributed by atoms with Crippen LogP contribution in [0, 0.1) is 5.92 Å². The maximum atomic E-state index is 3.52. The second-order valence-electron chi connectivity index (χ2n) is 6.90. The number of nitrogens with one attached hydrogen (secondary N) is 1. The molecule has 1 aliphatic heterocycles. The summed E-state index contributed by atoms with van der Waals surface area (Å²) in [5.41, 5.74) is 3.23. The van der Waals surface area contributed by atoms with Gasteiger partial charge in [-0.15, -0.1) is 0 Å². The van der Waals surface area contributed by atoms with Crippen LogP contribution >= 0.6 is 0 Å². The molecule has 3 unspecified atom stereocenters. The molecular weight excluding hydrogens is 256 g/mol. The van der Waals surface area contributed by atoms with E-state index in [0.717, 1.165) is 17.9 Å². The summed E-state index contributed by atoms with van der Waals surface area (Å²) in [5, 5.41) is 3.52. The number of hydrogen-bond acceptors (Lipinski definition) is 2. The van der Waals surface area contributed by atoms with E-state index in [2.05, 4.69) is 48.5 Å². The highest BCUT2D eigenvalue weighted by Crippen LogP contribution is 2.33. The van der Waals surface area contributed by atoms with Crippen molar-refractivity contribution in [3.63, 3.8) is 0 Å². The van der Waals surface area contributed by atoms with Gasteiger partial charge in [0.25, 0.3) is 0 Å². The van der Waals surface area contributed by atoms with Gasteiger partial charge in [-0.2, -0.15) is 0 Å². The van der Waals surface area contributed by atoms with Gasteiger partial charge in [0.1, 0.15) is 0 Å². The van der Waals surface area contributed by atoms with Gasteiger partial charge >= 0.3 is 0 Å². The minimum atomic E-state index is 0.727. The van der Waals surface area contributed by atoms with E-state index in [9.17, 15) is 0 Å². The summed E-state index contributed by atoms with van der Waals surface area (Å²) in [4.78, 5) is 2.73. The Morgan fingerprint density at radius 3 is 2.90 bits per heavy atom. The van der Waals surface area contributed by atoms with E-state index in [1.54, 1.807) is 11.1 Å². The van der Waals surface area contributed by atoms with E-state index >= 15 is 0 Å². The van der Waals surface area contributed by atoms with E-state index in [0.29, 0.717) is 0 Å². The molecule has 1 aromatic rings. The molecule has 3 rings (SSSR count). The molecule has 0 spiro atoms. The highest BCUT2D eigenvalue weighted by Gasteiger charge is 2.29. The van der Waals surface area contributed by atoms with Crippen molar-refractivity contribution in [2.24, 2.45) is 5.92 Å². The third-order valence-corrected chi connectivity index (χ3v) is 5.69. The second-order valence-corrected chi connectivity index (χ2v) is 6.90. The highest BCUT2D eigenvalue weighted by atomic mass is 15.1. The molecule has 2 nitrogen and oxygen atoms in total. The smallest absolute Gasteiger partial charge is 0.0117 e. The van der Waals surface area contributed by atoms with Crippen molar-refractivity contribution < 1.29 is 0 Å². The zero-order valence-electron chi connectivity index (χ0n) is 13.6. The van der Waals surface area contributed by atoms with Gasteiger partial charge in [0.15, 0.2) is 0 Å². The number of benzene rings is 1. The number of piperidine rings is 1. The summed E-state index contributed by atoms with van der Waals surface area (Å²) in [6, 6.07) is 9.86. The number of nitrogens with zero attached hydrogens (tertiary/aromatic N) is 1. The molecule has 1 aliphatic carbocycles. The Labute approximate surface area is 129 Å². The molecule has 0 amide bonds. The molecular formula is C19H30N2. The van der Waals surface area contributed by atoms with Gasteiger partial charge < -0.3 is 10.2 Å². The molecule has 0 radical (unpaired) electrons. The van der Waals surface area contributed by atoms with Crippen LogP contribution in [0.3, 0.4) is 0 Å². The van der Waals surface area contributed by atoms with Crippen molar-refractivity contribution >= 4 is 0 Å². The summed E-state index contributed by atoms with van der Waals surface area (Å²) in [7, 11) is 2.13. The van der Waals surface area contributed by atoms with Crippen LogP contribution in [0.4, 0.5) is 0 Å². The van der Waals surface area contributed by atoms with Gasteiger partial charge in [-0.25, -0.2) is 0 Å². The van der Waals surface area contributed by atoms with Gasteiger partial charge in [-0.05, 0) is 62.2 Å². The molecule has 1 saturated heterocycles. The lowest BCUT2D eigenvalue weighted by atomic mass is 9.81. The molecule has 116 valence electrons. The van der Waals surface area contributed by atoms with Crippen LogP contribution in [-0.2, 0) is 6.42 Å². The Kier molecular flexibility index (Phi) is 4.97. The predicted molar refractivity (Wildman–Crippen MR) is 89.8 cm³/mol. The first-order valence-electron chi connectivity index (χ1n) is 8.79. The summed E-state index contributed by atoms with van der Waals surface area (Å²) in [5.74, 6) is 1.58. The fourth-order valence-corrected chi connectivity index (χ4v) is 4.42. The molecule has 2 heteroatoms. The molecule has 1 fully saturated rings. The van der Waals surface area contributed by atoms with Crippen LogP contribution in [0.2, 0.25) is 0 Å². The number of fused-ring (bicyclic) bond motifs is 1. The van der Waals surface area contributed by atoms with E-state index in [1.165, 1.54) is 51.7 Å². The summed E-state index contributed by atoms with van der Waals surface area (Å²) in [6.45, 7) is 6.15. The highest BCUT2D eigenvalue weighted by molar-refractivity contribution is 5.32. The Morgan fingerprint density at radius 1 is 1.24 bits per heavy atom. The maximum absolute atomic E-state index is 3.52. The Hall–Kier alpha value is -0.860. The average Bonchev–Trinajstić information content (AvgIpc) is 2.55. The standard InChI is InChI=1S/C19H30N2/c1-3-15-13-21(12-11-19(15)20-2)14-17-9-6-8-16-7-4-5-10-18(16)17/h4-5,7,10,15,17,19-20H,3,6,8-9,11-14H2,1-2H3. The van der Waals surface area contributed by atoms with Crippen molar-refractivity contribution in [1.82, 2.24) is 10.2 Å². The van der Waals surface area contributed by atoms with Crippen LogP contribution < -0.4 is 5.32 Å². The second kappa shape index (κ2) is 6.93. The lowest BCUT2D eigenvalue weighted by Gasteiger charge is -2.40.